The van der Waals surface area contributed by atoms with E-state index < -0.39 is 0 Å². The smallest absolute Gasteiger partial charge is 0.277 e. The van der Waals surface area contributed by atoms with E-state index in [2.05, 4.69) is 15.2 Å². The van der Waals surface area contributed by atoms with Crippen molar-refractivity contribution in [3.63, 3.8) is 0 Å². The van der Waals surface area contributed by atoms with E-state index in [9.17, 15) is 9.59 Å². The molecule has 4 bridgehead atoms. The number of H-pyrrole nitrogens is 1. The second-order valence-corrected chi connectivity index (χ2v) is 11.2. The van der Waals surface area contributed by atoms with E-state index in [1.54, 1.807) is 0 Å². The second-order valence-electron chi connectivity index (χ2n) is 9.88. The number of carbonyl (C=O) groups is 2. The first-order chi connectivity index (χ1) is 14.3. The summed E-state index contributed by atoms with van der Waals surface area (Å²) < 4.78 is 6.15. The number of aromatic amines is 1. The van der Waals surface area contributed by atoms with Crippen molar-refractivity contribution in [2.24, 2.45) is 17.8 Å². The van der Waals surface area contributed by atoms with Crippen molar-refractivity contribution in [2.75, 3.05) is 0 Å². The molecule has 7 heteroatoms. The summed E-state index contributed by atoms with van der Waals surface area (Å²) in [7, 11) is 0. The lowest BCUT2D eigenvalue weighted by Gasteiger charge is -2.55. The Labute approximate surface area is 181 Å². The van der Waals surface area contributed by atoms with Crippen molar-refractivity contribution in [3.8, 4) is 0 Å². The maximum absolute atomic E-state index is 13.0. The predicted molar refractivity (Wildman–Crippen MR) is 114 cm³/mol. The molecule has 0 radical (unpaired) electrons. The second kappa shape index (κ2) is 7.08. The first kappa shape index (κ1) is 20.0. The number of hydrogen-bond acceptors (Lipinski definition) is 6. The number of ketones is 2. The quantitative estimate of drug-likeness (QED) is 0.513. The topological polar surface area (TPSA) is 88.9 Å². The van der Waals surface area contributed by atoms with E-state index in [4.69, 9.17) is 4.42 Å². The van der Waals surface area contributed by atoms with Crippen LogP contribution in [0.2, 0.25) is 0 Å². The molecule has 1 atom stereocenters. The highest BCUT2D eigenvalue weighted by Gasteiger charge is 2.54. The van der Waals surface area contributed by atoms with E-state index >= 15 is 0 Å². The Hall–Kier alpha value is -1.89. The van der Waals surface area contributed by atoms with Crippen LogP contribution >= 0.6 is 11.8 Å². The molecule has 4 fully saturated rings. The minimum atomic E-state index is -0.383. The number of aryl methyl sites for hydroxylation is 1. The SMILES string of the molecule is CC(=O)c1c(C)[nH]c(C(=O)[C@@H](C)Sc2nnc(C34CC5CC(CC(C5)C3)C4)o2)c1C. The largest absolute Gasteiger partial charge is 0.415 e. The van der Waals surface area contributed by atoms with Gasteiger partial charge >= 0.3 is 0 Å². The number of aromatic nitrogens is 3. The Morgan fingerprint density at radius 2 is 1.70 bits per heavy atom. The van der Waals surface area contributed by atoms with Crippen molar-refractivity contribution in [2.45, 2.75) is 82.1 Å². The van der Waals surface area contributed by atoms with Crippen LogP contribution < -0.4 is 0 Å². The van der Waals surface area contributed by atoms with Crippen LogP contribution in [0.5, 0.6) is 0 Å². The van der Waals surface area contributed by atoms with Crippen molar-refractivity contribution in [3.05, 3.63) is 28.4 Å². The average Bonchev–Trinajstić information content (AvgIpc) is 3.24. The number of Topliss-reactive ketones (excluding diaryl/α,β-unsaturated/α-hetero) is 2. The molecule has 2 heterocycles. The van der Waals surface area contributed by atoms with Crippen LogP contribution in [0.1, 0.15) is 90.4 Å². The zero-order valence-electron chi connectivity index (χ0n) is 18.1. The number of carbonyl (C=O) groups excluding carboxylic acids is 2. The number of thioether (sulfide) groups is 1. The molecule has 0 aromatic carbocycles. The molecular weight excluding hydrogens is 398 g/mol. The highest BCUT2D eigenvalue weighted by molar-refractivity contribution is 8.00. The van der Waals surface area contributed by atoms with Crippen molar-refractivity contribution < 1.29 is 14.0 Å². The highest BCUT2D eigenvalue weighted by Crippen LogP contribution is 2.60. The summed E-state index contributed by atoms with van der Waals surface area (Å²) in [6.07, 6.45) is 7.64. The lowest BCUT2D eigenvalue weighted by molar-refractivity contribution is -0.0191. The van der Waals surface area contributed by atoms with Crippen molar-refractivity contribution in [1.82, 2.24) is 15.2 Å². The zero-order chi connectivity index (χ0) is 21.2. The average molecular weight is 428 g/mol. The van der Waals surface area contributed by atoms with Crippen LogP contribution in [-0.2, 0) is 5.41 Å². The number of rotatable bonds is 6. The van der Waals surface area contributed by atoms with Crippen LogP contribution in [0, 0.1) is 31.6 Å². The molecule has 4 saturated carbocycles. The Morgan fingerprint density at radius 3 is 2.23 bits per heavy atom. The van der Waals surface area contributed by atoms with Gasteiger partial charge in [-0.1, -0.05) is 11.8 Å². The first-order valence-corrected chi connectivity index (χ1v) is 11.9. The monoisotopic (exact) mass is 427 g/mol. The van der Waals surface area contributed by atoms with Crippen molar-refractivity contribution >= 4 is 23.3 Å². The molecule has 4 aliphatic carbocycles. The molecule has 0 spiro atoms. The van der Waals surface area contributed by atoms with Crippen LogP contribution in [-0.4, -0.2) is 32.0 Å². The summed E-state index contributed by atoms with van der Waals surface area (Å²) in [5, 5.41) is 8.83. The maximum atomic E-state index is 13.0. The van der Waals surface area contributed by atoms with E-state index in [1.165, 1.54) is 57.2 Å². The molecule has 0 saturated heterocycles. The fraction of sp³-hybridized carbons (Fsp3) is 0.652. The molecular formula is C23H29N3O3S. The van der Waals surface area contributed by atoms with Gasteiger partial charge in [0.25, 0.3) is 5.22 Å². The summed E-state index contributed by atoms with van der Waals surface area (Å²) in [5.74, 6) is 3.15. The van der Waals surface area contributed by atoms with Gasteiger partial charge in [-0.2, -0.15) is 0 Å². The Balaban J connectivity index is 1.33. The van der Waals surface area contributed by atoms with Crippen molar-refractivity contribution in [1.29, 1.82) is 0 Å². The molecule has 0 aliphatic heterocycles. The summed E-state index contributed by atoms with van der Waals surface area (Å²) in [5.41, 5.74) is 2.63. The van der Waals surface area contributed by atoms with Gasteiger partial charge < -0.3 is 9.40 Å². The van der Waals surface area contributed by atoms with Gasteiger partial charge in [0.2, 0.25) is 5.89 Å². The minimum absolute atomic E-state index is 0.0299. The fourth-order valence-corrected chi connectivity index (χ4v) is 7.52. The molecule has 30 heavy (non-hydrogen) atoms. The number of nitrogens with zero attached hydrogens (tertiary/aromatic N) is 2. The van der Waals surface area contributed by atoms with Gasteiger partial charge in [-0.05, 0) is 89.5 Å². The zero-order valence-corrected chi connectivity index (χ0v) is 18.9. The van der Waals surface area contributed by atoms with Gasteiger partial charge in [0.05, 0.1) is 10.9 Å². The molecule has 0 amide bonds. The summed E-state index contributed by atoms with van der Waals surface area (Å²) in [6.45, 7) is 7.03. The lowest BCUT2D eigenvalue weighted by Crippen LogP contribution is -2.48. The van der Waals surface area contributed by atoms with Gasteiger partial charge in [0, 0.05) is 16.7 Å². The molecule has 6 nitrogen and oxygen atoms in total. The predicted octanol–water partition coefficient (Wildman–Crippen LogP) is 5.05. The normalized spacial score (nSPS) is 30.6. The maximum Gasteiger partial charge on any atom is 0.277 e. The highest BCUT2D eigenvalue weighted by atomic mass is 32.2. The summed E-state index contributed by atoms with van der Waals surface area (Å²) in [6, 6.07) is 0. The number of hydrogen-bond donors (Lipinski definition) is 1. The van der Waals surface area contributed by atoms with E-state index in [1.807, 2.05) is 20.8 Å². The molecule has 160 valence electrons. The Bertz CT molecular complexity index is 986. The van der Waals surface area contributed by atoms with Gasteiger partial charge in [-0.15, -0.1) is 10.2 Å². The molecule has 2 aromatic heterocycles. The number of nitrogens with one attached hydrogen (secondary N) is 1. The minimum Gasteiger partial charge on any atom is -0.415 e. The third kappa shape index (κ3) is 3.17. The summed E-state index contributed by atoms with van der Waals surface area (Å²) >= 11 is 1.31. The Morgan fingerprint density at radius 1 is 1.10 bits per heavy atom. The van der Waals surface area contributed by atoms with E-state index in [0.29, 0.717) is 16.5 Å². The van der Waals surface area contributed by atoms with Gasteiger partial charge in [0.1, 0.15) is 0 Å². The van der Waals surface area contributed by atoms with Crippen LogP contribution in [0.15, 0.2) is 9.64 Å². The lowest BCUT2D eigenvalue weighted by atomic mass is 9.49. The van der Waals surface area contributed by atoms with Gasteiger partial charge in [-0.3, -0.25) is 9.59 Å². The first-order valence-electron chi connectivity index (χ1n) is 11.0. The molecule has 2 aromatic rings. The van der Waals surface area contributed by atoms with Crippen LogP contribution in [0.4, 0.5) is 0 Å². The molecule has 0 unspecified atom stereocenters. The fourth-order valence-electron chi connectivity index (χ4n) is 6.78. The van der Waals surface area contributed by atoms with Gasteiger partial charge in [-0.25, -0.2) is 0 Å². The third-order valence-electron chi connectivity index (χ3n) is 7.58. The molecule has 6 rings (SSSR count). The summed E-state index contributed by atoms with van der Waals surface area (Å²) in [4.78, 5) is 28.0. The molecule has 4 aliphatic rings. The molecule has 1 N–H and O–H groups in total. The van der Waals surface area contributed by atoms with Crippen LogP contribution in [0.25, 0.3) is 0 Å². The van der Waals surface area contributed by atoms with E-state index in [-0.39, 0.29) is 22.2 Å². The standard InChI is InChI=1S/C23H29N3O3S/c1-11-18(13(3)27)12(2)24-19(11)20(28)14(4)30-22-26-25-21(29-22)23-8-15-5-16(9-23)7-17(6-15)10-23/h14-17,24H,5-10H2,1-4H3/t14-,15?,16?,17?,23?/m1/s1. The third-order valence-corrected chi connectivity index (χ3v) is 8.52. The van der Waals surface area contributed by atoms with E-state index in [0.717, 1.165) is 34.9 Å². The van der Waals surface area contributed by atoms with Gasteiger partial charge in [0.15, 0.2) is 11.6 Å². The Kier molecular flexibility index (Phi) is 4.73. The van der Waals surface area contributed by atoms with Crippen LogP contribution in [0.3, 0.4) is 0 Å².